The molecule has 0 saturated carbocycles. The van der Waals surface area contributed by atoms with Gasteiger partial charge in [0.15, 0.2) is 0 Å². The molecule has 0 aliphatic rings. The molecule has 110 valence electrons. The number of rotatable bonds is 8. The topological polar surface area (TPSA) is 29.9 Å². The molecule has 0 aliphatic heterocycles. The predicted octanol–water partition coefficient (Wildman–Crippen LogP) is 3.28. The van der Waals surface area contributed by atoms with Gasteiger partial charge in [0.2, 0.25) is 0 Å². The number of nitrogens with one attached hydrogen (secondary N) is 1. The Balaban J connectivity index is 2.63. The highest BCUT2D eigenvalue weighted by Gasteiger charge is 2.20. The van der Waals surface area contributed by atoms with Gasteiger partial charge in [0.25, 0.3) is 0 Å². The zero-order chi connectivity index (χ0) is 14.5. The maximum Gasteiger partial charge on any atom is 0.0624 e. The predicted molar refractivity (Wildman–Crippen MR) is 82.5 cm³/mol. The van der Waals surface area contributed by atoms with Crippen LogP contribution in [0.15, 0.2) is 6.07 Å². The second-order valence-electron chi connectivity index (χ2n) is 6.68. The molecule has 1 N–H and O–H groups in total. The van der Waals surface area contributed by atoms with Gasteiger partial charge in [0, 0.05) is 18.8 Å². The smallest absolute Gasteiger partial charge is 0.0624 e. The molecule has 0 spiro atoms. The van der Waals surface area contributed by atoms with Crippen LogP contribution in [0, 0.1) is 11.3 Å². The zero-order valence-corrected chi connectivity index (χ0v) is 13.6. The first kappa shape index (κ1) is 16.2. The van der Waals surface area contributed by atoms with E-state index in [4.69, 9.17) is 5.10 Å². The fourth-order valence-electron chi connectivity index (χ4n) is 2.27. The van der Waals surface area contributed by atoms with Gasteiger partial charge in [-0.3, -0.25) is 4.68 Å². The first-order chi connectivity index (χ1) is 8.88. The molecule has 1 aromatic rings. The summed E-state index contributed by atoms with van der Waals surface area (Å²) in [5.74, 6) is 0.707. The average Bonchev–Trinajstić information content (AvgIpc) is 2.69. The lowest BCUT2D eigenvalue weighted by atomic mass is 9.93. The summed E-state index contributed by atoms with van der Waals surface area (Å²) >= 11 is 0. The normalized spacial score (nSPS) is 12.4. The third-order valence-corrected chi connectivity index (χ3v) is 3.37. The second kappa shape index (κ2) is 7.09. The van der Waals surface area contributed by atoms with Crippen LogP contribution in [-0.4, -0.2) is 22.9 Å². The van der Waals surface area contributed by atoms with Crippen LogP contribution in [0.5, 0.6) is 0 Å². The highest BCUT2D eigenvalue weighted by molar-refractivity contribution is 5.10. The molecule has 1 rings (SSSR count). The first-order valence-electron chi connectivity index (χ1n) is 7.64. The third kappa shape index (κ3) is 5.35. The van der Waals surface area contributed by atoms with E-state index >= 15 is 0 Å². The minimum absolute atomic E-state index is 0.232. The van der Waals surface area contributed by atoms with Crippen molar-refractivity contribution >= 4 is 0 Å². The Morgan fingerprint density at radius 1 is 1.26 bits per heavy atom. The SMILES string of the molecule is CCc1cc(CC)n(CC(C)(C)CNCC(C)C)n1. The Hall–Kier alpha value is -0.830. The van der Waals surface area contributed by atoms with Crippen LogP contribution < -0.4 is 5.32 Å². The van der Waals surface area contributed by atoms with Crippen LogP contribution >= 0.6 is 0 Å². The van der Waals surface area contributed by atoms with E-state index in [1.54, 1.807) is 0 Å². The van der Waals surface area contributed by atoms with E-state index in [-0.39, 0.29) is 5.41 Å². The van der Waals surface area contributed by atoms with Gasteiger partial charge >= 0.3 is 0 Å². The Morgan fingerprint density at radius 3 is 2.47 bits per heavy atom. The molecule has 1 heterocycles. The second-order valence-corrected chi connectivity index (χ2v) is 6.68. The van der Waals surface area contributed by atoms with Crippen molar-refractivity contribution in [1.29, 1.82) is 0 Å². The van der Waals surface area contributed by atoms with Crippen LogP contribution in [0.25, 0.3) is 0 Å². The van der Waals surface area contributed by atoms with E-state index in [0.29, 0.717) is 5.92 Å². The largest absolute Gasteiger partial charge is 0.316 e. The van der Waals surface area contributed by atoms with Crippen molar-refractivity contribution in [2.75, 3.05) is 13.1 Å². The molecule has 1 aromatic heterocycles. The highest BCUT2D eigenvalue weighted by atomic mass is 15.3. The van der Waals surface area contributed by atoms with Crippen LogP contribution in [-0.2, 0) is 19.4 Å². The molecule has 0 saturated heterocycles. The standard InChI is InChI=1S/C16H31N3/c1-7-14-9-15(8-2)19(18-14)12-16(5,6)11-17-10-13(3)4/h9,13,17H,7-8,10-12H2,1-6H3. The Kier molecular flexibility index (Phi) is 6.05. The first-order valence-corrected chi connectivity index (χ1v) is 7.64. The minimum Gasteiger partial charge on any atom is -0.316 e. The maximum absolute atomic E-state index is 4.72. The van der Waals surface area contributed by atoms with Crippen molar-refractivity contribution in [3.63, 3.8) is 0 Å². The quantitative estimate of drug-likeness (QED) is 0.782. The number of hydrogen-bond acceptors (Lipinski definition) is 2. The van der Waals surface area contributed by atoms with Gasteiger partial charge in [0.1, 0.15) is 0 Å². The van der Waals surface area contributed by atoms with E-state index < -0.39 is 0 Å². The molecular weight excluding hydrogens is 234 g/mol. The van der Waals surface area contributed by atoms with Crippen molar-refractivity contribution in [1.82, 2.24) is 15.1 Å². The van der Waals surface area contributed by atoms with Crippen LogP contribution in [0.3, 0.4) is 0 Å². The van der Waals surface area contributed by atoms with Crippen molar-refractivity contribution in [3.05, 3.63) is 17.5 Å². The molecule has 19 heavy (non-hydrogen) atoms. The molecule has 0 amide bonds. The summed E-state index contributed by atoms with van der Waals surface area (Å²) < 4.78 is 2.20. The number of aryl methyl sites for hydroxylation is 2. The lowest BCUT2D eigenvalue weighted by molar-refractivity contribution is 0.268. The Morgan fingerprint density at radius 2 is 1.95 bits per heavy atom. The van der Waals surface area contributed by atoms with E-state index in [9.17, 15) is 0 Å². The summed E-state index contributed by atoms with van der Waals surface area (Å²) in [6.07, 6.45) is 2.08. The summed E-state index contributed by atoms with van der Waals surface area (Å²) in [7, 11) is 0. The van der Waals surface area contributed by atoms with E-state index in [0.717, 1.165) is 32.5 Å². The molecule has 3 heteroatoms. The molecule has 0 unspecified atom stereocenters. The lowest BCUT2D eigenvalue weighted by Crippen LogP contribution is -2.35. The fourth-order valence-corrected chi connectivity index (χ4v) is 2.27. The van der Waals surface area contributed by atoms with Gasteiger partial charge < -0.3 is 5.32 Å². The zero-order valence-electron chi connectivity index (χ0n) is 13.6. The monoisotopic (exact) mass is 265 g/mol. The molecular formula is C16H31N3. The Bertz CT molecular complexity index is 377. The number of nitrogens with zero attached hydrogens (tertiary/aromatic N) is 2. The fraction of sp³-hybridized carbons (Fsp3) is 0.812. The van der Waals surface area contributed by atoms with Crippen LogP contribution in [0.2, 0.25) is 0 Å². The number of hydrogen-bond donors (Lipinski definition) is 1. The molecule has 0 aromatic carbocycles. The molecule has 3 nitrogen and oxygen atoms in total. The maximum atomic E-state index is 4.72. The molecule has 0 atom stereocenters. The average molecular weight is 265 g/mol. The summed E-state index contributed by atoms with van der Waals surface area (Å²) in [5.41, 5.74) is 2.80. The van der Waals surface area contributed by atoms with Gasteiger partial charge in [0.05, 0.1) is 5.69 Å². The Labute approximate surface area is 118 Å². The third-order valence-electron chi connectivity index (χ3n) is 3.37. The summed E-state index contributed by atoms with van der Waals surface area (Å²) in [6.45, 7) is 16.6. The molecule has 0 radical (unpaired) electrons. The summed E-state index contributed by atoms with van der Waals surface area (Å²) in [5, 5.41) is 8.28. The minimum atomic E-state index is 0.232. The molecule has 0 bridgehead atoms. The summed E-state index contributed by atoms with van der Waals surface area (Å²) in [4.78, 5) is 0. The van der Waals surface area contributed by atoms with Crippen LogP contribution in [0.1, 0.15) is 52.9 Å². The number of aromatic nitrogens is 2. The van der Waals surface area contributed by atoms with Crippen molar-refractivity contribution in [2.45, 2.75) is 60.9 Å². The van der Waals surface area contributed by atoms with Crippen molar-refractivity contribution in [2.24, 2.45) is 11.3 Å². The van der Waals surface area contributed by atoms with Gasteiger partial charge in [-0.25, -0.2) is 0 Å². The van der Waals surface area contributed by atoms with E-state index in [1.165, 1.54) is 11.4 Å². The summed E-state index contributed by atoms with van der Waals surface area (Å²) in [6, 6.07) is 2.25. The van der Waals surface area contributed by atoms with Crippen molar-refractivity contribution in [3.8, 4) is 0 Å². The van der Waals surface area contributed by atoms with Gasteiger partial charge in [-0.15, -0.1) is 0 Å². The van der Waals surface area contributed by atoms with Gasteiger partial charge in [-0.1, -0.05) is 41.5 Å². The van der Waals surface area contributed by atoms with Crippen LogP contribution in [0.4, 0.5) is 0 Å². The van der Waals surface area contributed by atoms with Gasteiger partial charge in [-0.05, 0) is 36.8 Å². The molecule has 0 fully saturated rings. The van der Waals surface area contributed by atoms with Gasteiger partial charge in [-0.2, -0.15) is 5.10 Å². The van der Waals surface area contributed by atoms with Crippen molar-refractivity contribution < 1.29 is 0 Å². The van der Waals surface area contributed by atoms with E-state index in [2.05, 4.69) is 57.6 Å². The van der Waals surface area contributed by atoms with E-state index in [1.807, 2.05) is 0 Å². The lowest BCUT2D eigenvalue weighted by Gasteiger charge is -2.26. The molecule has 0 aliphatic carbocycles. The highest BCUT2D eigenvalue weighted by Crippen LogP contribution is 2.19.